The fourth-order valence-electron chi connectivity index (χ4n) is 0.571. The lowest BCUT2D eigenvalue weighted by Crippen LogP contribution is -2.45. The third-order valence-electron chi connectivity index (χ3n) is 1.26. The second kappa shape index (κ2) is 2.55. The molecular weight excluding hydrogens is 134 g/mol. The minimum atomic E-state index is -0.742. The van der Waals surface area contributed by atoms with Crippen LogP contribution in [0.5, 0.6) is 0 Å². The quantitative estimate of drug-likeness (QED) is 0.415. The van der Waals surface area contributed by atoms with Gasteiger partial charge < -0.3 is 5.73 Å². The van der Waals surface area contributed by atoms with Crippen molar-refractivity contribution in [3.8, 4) is 0 Å². The van der Waals surface area contributed by atoms with Gasteiger partial charge in [-0.05, 0) is 12.8 Å². The molecule has 1 saturated carbocycles. The van der Waals surface area contributed by atoms with Crippen LogP contribution in [0.25, 0.3) is 0 Å². The van der Waals surface area contributed by atoms with E-state index in [1.165, 1.54) is 0 Å². The van der Waals surface area contributed by atoms with E-state index in [4.69, 9.17) is 5.73 Å². The normalized spacial score (nSPS) is 16.0. The molecule has 56 valence electrons. The van der Waals surface area contributed by atoms with Crippen LogP contribution < -0.4 is 16.6 Å². The first kappa shape index (κ1) is 6.85. The highest BCUT2D eigenvalue weighted by Gasteiger charge is 2.29. The maximum Gasteiger partial charge on any atom is 0.330 e. The summed E-state index contributed by atoms with van der Waals surface area (Å²) < 4.78 is 0. The Kier molecular flexibility index (Phi) is 1.75. The van der Waals surface area contributed by atoms with Gasteiger partial charge in [-0.2, -0.15) is 0 Å². The van der Waals surface area contributed by atoms with Crippen molar-refractivity contribution in [3.63, 3.8) is 0 Å². The molecule has 0 aromatic rings. The Balaban J connectivity index is 2.12. The average molecular weight is 143 g/mol. The minimum Gasteiger partial charge on any atom is -0.350 e. The molecule has 0 aromatic heterocycles. The van der Waals surface area contributed by atoms with Crippen molar-refractivity contribution < 1.29 is 9.59 Å². The highest BCUT2D eigenvalue weighted by Crippen LogP contribution is 2.28. The largest absolute Gasteiger partial charge is 0.350 e. The highest BCUT2D eigenvalue weighted by atomic mass is 16.2. The molecule has 0 bridgehead atoms. The molecule has 0 aliphatic heterocycles. The molecule has 0 saturated heterocycles. The molecule has 0 unspecified atom stereocenters. The van der Waals surface area contributed by atoms with Gasteiger partial charge in [0, 0.05) is 5.92 Å². The molecule has 4 N–H and O–H groups in total. The third-order valence-corrected chi connectivity index (χ3v) is 1.26. The number of hydrogen-bond acceptors (Lipinski definition) is 2. The number of carbonyl (C=O) groups is 2. The molecule has 3 amide bonds. The summed E-state index contributed by atoms with van der Waals surface area (Å²) in [6, 6.07) is -0.742. The van der Waals surface area contributed by atoms with Crippen molar-refractivity contribution in [2.45, 2.75) is 12.8 Å². The number of nitrogens with two attached hydrogens (primary N) is 1. The molecule has 1 rings (SSSR count). The second-order valence-corrected chi connectivity index (χ2v) is 2.25. The van der Waals surface area contributed by atoms with Crippen LogP contribution >= 0.6 is 0 Å². The van der Waals surface area contributed by atoms with Crippen molar-refractivity contribution in [2.75, 3.05) is 0 Å². The highest BCUT2D eigenvalue weighted by molar-refractivity contribution is 5.83. The molecule has 0 spiro atoms. The Hall–Kier alpha value is -1.26. The number of hydrazine groups is 1. The first-order valence-corrected chi connectivity index (χ1v) is 3.05. The summed E-state index contributed by atoms with van der Waals surface area (Å²) >= 11 is 0. The number of nitrogens with one attached hydrogen (secondary N) is 2. The van der Waals surface area contributed by atoms with Crippen LogP contribution in [-0.2, 0) is 4.79 Å². The fraction of sp³-hybridized carbons (Fsp3) is 0.600. The molecule has 1 aliphatic carbocycles. The molecule has 0 radical (unpaired) electrons. The summed E-state index contributed by atoms with van der Waals surface area (Å²) in [5.41, 5.74) is 8.88. The van der Waals surface area contributed by atoms with Crippen molar-refractivity contribution in [1.29, 1.82) is 0 Å². The van der Waals surface area contributed by atoms with Crippen molar-refractivity contribution in [2.24, 2.45) is 11.7 Å². The Labute approximate surface area is 57.9 Å². The number of urea groups is 1. The van der Waals surface area contributed by atoms with Crippen LogP contribution in [0.2, 0.25) is 0 Å². The van der Waals surface area contributed by atoms with Gasteiger partial charge in [0.1, 0.15) is 0 Å². The third kappa shape index (κ3) is 1.93. The van der Waals surface area contributed by atoms with Gasteiger partial charge in [-0.1, -0.05) is 0 Å². The van der Waals surface area contributed by atoms with Gasteiger partial charge in [0.15, 0.2) is 0 Å². The number of primary amides is 1. The first-order chi connectivity index (χ1) is 4.70. The zero-order valence-corrected chi connectivity index (χ0v) is 5.39. The van der Waals surface area contributed by atoms with Crippen LogP contribution in [0.4, 0.5) is 4.79 Å². The lowest BCUT2D eigenvalue weighted by atomic mass is 10.4. The standard InChI is InChI=1S/C5H9N3O2/c6-5(10)8-7-4(9)3-1-2-3/h3H,1-2H2,(H,7,9)(H3,6,8,10). The van der Waals surface area contributed by atoms with E-state index >= 15 is 0 Å². The van der Waals surface area contributed by atoms with Crippen LogP contribution in [0.1, 0.15) is 12.8 Å². The zero-order chi connectivity index (χ0) is 7.56. The topological polar surface area (TPSA) is 84.2 Å². The molecule has 0 atom stereocenters. The summed E-state index contributed by atoms with van der Waals surface area (Å²) in [6.45, 7) is 0. The van der Waals surface area contributed by atoms with Crippen LogP contribution in [0, 0.1) is 5.92 Å². The molecule has 1 aliphatic rings. The molecule has 1 fully saturated rings. The van der Waals surface area contributed by atoms with Crippen LogP contribution in [0.15, 0.2) is 0 Å². The van der Waals surface area contributed by atoms with Crippen molar-refractivity contribution >= 4 is 11.9 Å². The van der Waals surface area contributed by atoms with E-state index in [0.29, 0.717) is 0 Å². The number of amides is 3. The SMILES string of the molecule is NC(=O)NNC(=O)C1CC1. The van der Waals surface area contributed by atoms with Gasteiger partial charge in [-0.25, -0.2) is 10.2 Å². The molecule has 5 nitrogen and oxygen atoms in total. The number of hydrogen-bond donors (Lipinski definition) is 3. The molecule has 0 aromatic carbocycles. The Bertz CT molecular complexity index is 164. The lowest BCUT2D eigenvalue weighted by Gasteiger charge is -2.01. The fourth-order valence-corrected chi connectivity index (χ4v) is 0.571. The van der Waals surface area contributed by atoms with Crippen molar-refractivity contribution in [3.05, 3.63) is 0 Å². The Morgan fingerprint density at radius 2 is 1.90 bits per heavy atom. The van der Waals surface area contributed by atoms with E-state index in [0.717, 1.165) is 12.8 Å². The van der Waals surface area contributed by atoms with E-state index in [-0.39, 0.29) is 11.8 Å². The molecular formula is C5H9N3O2. The maximum atomic E-state index is 10.7. The van der Waals surface area contributed by atoms with Gasteiger partial charge in [-0.3, -0.25) is 10.2 Å². The van der Waals surface area contributed by atoms with Gasteiger partial charge in [0.25, 0.3) is 0 Å². The average Bonchev–Trinajstić information content (AvgIpc) is 2.63. The lowest BCUT2D eigenvalue weighted by molar-refractivity contribution is -0.122. The Morgan fingerprint density at radius 1 is 1.30 bits per heavy atom. The van der Waals surface area contributed by atoms with Gasteiger partial charge in [0.2, 0.25) is 5.91 Å². The van der Waals surface area contributed by atoms with Gasteiger partial charge in [-0.15, -0.1) is 0 Å². The number of carbonyl (C=O) groups excluding carboxylic acids is 2. The zero-order valence-electron chi connectivity index (χ0n) is 5.39. The minimum absolute atomic E-state index is 0.0897. The van der Waals surface area contributed by atoms with Gasteiger partial charge in [0.05, 0.1) is 0 Å². The van der Waals surface area contributed by atoms with Crippen LogP contribution in [0.3, 0.4) is 0 Å². The maximum absolute atomic E-state index is 10.7. The molecule has 0 heterocycles. The van der Waals surface area contributed by atoms with E-state index in [2.05, 4.69) is 5.43 Å². The predicted molar refractivity (Wildman–Crippen MR) is 33.6 cm³/mol. The second-order valence-electron chi connectivity index (χ2n) is 2.25. The molecule has 5 heteroatoms. The first-order valence-electron chi connectivity index (χ1n) is 3.05. The monoisotopic (exact) mass is 143 g/mol. The van der Waals surface area contributed by atoms with Crippen molar-refractivity contribution in [1.82, 2.24) is 10.9 Å². The summed E-state index contributed by atoms with van der Waals surface area (Å²) in [7, 11) is 0. The summed E-state index contributed by atoms with van der Waals surface area (Å²) in [4.78, 5) is 20.8. The summed E-state index contributed by atoms with van der Waals surface area (Å²) in [5, 5.41) is 0. The van der Waals surface area contributed by atoms with E-state index in [9.17, 15) is 9.59 Å². The number of rotatable bonds is 1. The van der Waals surface area contributed by atoms with Gasteiger partial charge >= 0.3 is 6.03 Å². The molecule has 10 heavy (non-hydrogen) atoms. The summed E-state index contributed by atoms with van der Waals surface area (Å²) in [6.07, 6.45) is 1.82. The Morgan fingerprint density at radius 3 is 2.30 bits per heavy atom. The summed E-state index contributed by atoms with van der Waals surface area (Å²) in [5.74, 6) is -0.0642. The van der Waals surface area contributed by atoms with E-state index < -0.39 is 6.03 Å². The van der Waals surface area contributed by atoms with Crippen LogP contribution in [-0.4, -0.2) is 11.9 Å². The predicted octanol–water partition coefficient (Wildman–Crippen LogP) is -0.904. The van der Waals surface area contributed by atoms with E-state index in [1.807, 2.05) is 5.43 Å². The van der Waals surface area contributed by atoms with E-state index in [1.54, 1.807) is 0 Å². The smallest absolute Gasteiger partial charge is 0.330 e.